The van der Waals surface area contributed by atoms with Gasteiger partial charge in [0.15, 0.2) is 0 Å². The summed E-state index contributed by atoms with van der Waals surface area (Å²) in [6.45, 7) is 4.10. The quantitative estimate of drug-likeness (QED) is 0.811. The molecule has 1 spiro atoms. The molecule has 20 heavy (non-hydrogen) atoms. The zero-order valence-corrected chi connectivity index (χ0v) is 13.8. The first-order valence-electron chi connectivity index (χ1n) is 7.59. The van der Waals surface area contributed by atoms with Gasteiger partial charge in [-0.3, -0.25) is 4.79 Å². The molecule has 1 aromatic carbocycles. The van der Waals surface area contributed by atoms with Crippen molar-refractivity contribution < 1.29 is 4.79 Å². The Bertz CT molecular complexity index is 523. The van der Waals surface area contributed by atoms with E-state index in [2.05, 4.69) is 47.2 Å². The lowest BCUT2D eigenvalue weighted by Crippen LogP contribution is -2.21. The molecule has 1 amide bonds. The summed E-state index contributed by atoms with van der Waals surface area (Å²) in [5.74, 6) is 0.491. The first kappa shape index (κ1) is 14.1. The molecule has 0 bridgehead atoms. The van der Waals surface area contributed by atoms with E-state index in [9.17, 15) is 4.79 Å². The monoisotopic (exact) mass is 335 g/mol. The van der Waals surface area contributed by atoms with E-state index in [0.29, 0.717) is 5.41 Å². The van der Waals surface area contributed by atoms with Crippen molar-refractivity contribution in [1.29, 1.82) is 0 Å². The Hall–Kier alpha value is -0.830. The van der Waals surface area contributed by atoms with Gasteiger partial charge in [-0.15, -0.1) is 0 Å². The molecule has 2 nitrogen and oxygen atoms in total. The minimum Gasteiger partial charge on any atom is -0.325 e. The van der Waals surface area contributed by atoms with Crippen LogP contribution in [0.4, 0.5) is 5.69 Å². The predicted molar refractivity (Wildman–Crippen MR) is 85.9 cm³/mol. The summed E-state index contributed by atoms with van der Waals surface area (Å²) in [6.07, 6.45) is 7.57. The van der Waals surface area contributed by atoms with Crippen molar-refractivity contribution in [2.24, 2.45) is 11.3 Å². The van der Waals surface area contributed by atoms with Gasteiger partial charge in [-0.25, -0.2) is 0 Å². The highest BCUT2D eigenvalue weighted by molar-refractivity contribution is 9.10. The van der Waals surface area contributed by atoms with Gasteiger partial charge in [0, 0.05) is 16.1 Å². The molecular formula is C17H22BrNO. The van der Waals surface area contributed by atoms with Crippen LogP contribution in [0.2, 0.25) is 0 Å². The van der Waals surface area contributed by atoms with Gasteiger partial charge in [-0.2, -0.15) is 0 Å². The Morgan fingerprint density at radius 3 is 2.40 bits per heavy atom. The maximum Gasteiger partial charge on any atom is 0.228 e. The first-order valence-corrected chi connectivity index (χ1v) is 8.39. The number of benzene rings is 1. The van der Waals surface area contributed by atoms with E-state index in [-0.39, 0.29) is 11.8 Å². The molecule has 0 heterocycles. The second kappa shape index (κ2) is 5.18. The Kier molecular flexibility index (Phi) is 3.65. The minimum atomic E-state index is 0.237. The van der Waals surface area contributed by atoms with Crippen LogP contribution in [0, 0.1) is 25.2 Å². The molecular weight excluding hydrogens is 314 g/mol. The van der Waals surface area contributed by atoms with E-state index in [1.807, 2.05) is 0 Å². The SMILES string of the molecule is Cc1cc(Br)cc(C)c1NC(=O)C1CC12CCCCC2. The third kappa shape index (κ3) is 2.52. The molecule has 0 saturated heterocycles. The van der Waals surface area contributed by atoms with E-state index in [1.165, 1.54) is 32.1 Å². The Morgan fingerprint density at radius 2 is 1.80 bits per heavy atom. The van der Waals surface area contributed by atoms with Crippen molar-refractivity contribution in [3.8, 4) is 0 Å². The van der Waals surface area contributed by atoms with Gasteiger partial charge in [0.1, 0.15) is 0 Å². The molecule has 0 aliphatic heterocycles. The van der Waals surface area contributed by atoms with Gasteiger partial charge in [0.2, 0.25) is 5.91 Å². The summed E-state index contributed by atoms with van der Waals surface area (Å²) in [4.78, 5) is 12.5. The molecule has 1 unspecified atom stereocenters. The van der Waals surface area contributed by atoms with Crippen LogP contribution in [-0.4, -0.2) is 5.91 Å². The number of hydrogen-bond acceptors (Lipinski definition) is 1. The molecule has 2 fully saturated rings. The maximum atomic E-state index is 12.5. The number of halogens is 1. The number of amides is 1. The van der Waals surface area contributed by atoms with Crippen LogP contribution in [0.3, 0.4) is 0 Å². The second-order valence-corrected chi connectivity index (χ2v) is 7.50. The van der Waals surface area contributed by atoms with Crippen molar-refractivity contribution in [3.05, 3.63) is 27.7 Å². The molecule has 108 valence electrons. The topological polar surface area (TPSA) is 29.1 Å². The summed E-state index contributed by atoms with van der Waals surface area (Å²) in [6, 6.07) is 4.12. The Labute approximate surface area is 129 Å². The molecule has 2 saturated carbocycles. The average molecular weight is 336 g/mol. The van der Waals surface area contributed by atoms with Crippen molar-refractivity contribution in [1.82, 2.24) is 0 Å². The van der Waals surface area contributed by atoms with Crippen LogP contribution in [0.15, 0.2) is 16.6 Å². The standard InChI is InChI=1S/C17H22BrNO/c1-11-8-13(18)9-12(2)15(11)19-16(20)14-10-17(14)6-4-3-5-7-17/h8-9,14H,3-7,10H2,1-2H3,(H,19,20). The molecule has 1 atom stereocenters. The van der Waals surface area contributed by atoms with E-state index < -0.39 is 0 Å². The van der Waals surface area contributed by atoms with Gasteiger partial charge >= 0.3 is 0 Å². The fourth-order valence-electron chi connectivity index (χ4n) is 3.85. The van der Waals surface area contributed by atoms with Gasteiger partial charge in [0.05, 0.1) is 0 Å². The molecule has 3 rings (SSSR count). The first-order chi connectivity index (χ1) is 9.52. The lowest BCUT2D eigenvalue weighted by Gasteiger charge is -2.22. The zero-order valence-electron chi connectivity index (χ0n) is 12.3. The Morgan fingerprint density at radius 1 is 1.20 bits per heavy atom. The maximum absolute atomic E-state index is 12.5. The highest BCUT2D eigenvalue weighted by Crippen LogP contribution is 2.61. The van der Waals surface area contributed by atoms with Gasteiger partial charge in [-0.1, -0.05) is 35.2 Å². The second-order valence-electron chi connectivity index (χ2n) is 6.58. The van der Waals surface area contributed by atoms with Crippen LogP contribution in [-0.2, 0) is 4.79 Å². The minimum absolute atomic E-state index is 0.237. The number of carbonyl (C=O) groups is 1. The fourth-order valence-corrected chi connectivity index (χ4v) is 4.53. The number of carbonyl (C=O) groups excluding carboxylic acids is 1. The lowest BCUT2D eigenvalue weighted by atomic mass is 9.84. The summed E-state index contributed by atoms with van der Waals surface area (Å²) >= 11 is 3.50. The number of anilines is 1. The largest absolute Gasteiger partial charge is 0.325 e. The number of aryl methyl sites for hydroxylation is 2. The molecule has 2 aliphatic rings. The van der Waals surface area contributed by atoms with E-state index >= 15 is 0 Å². The van der Waals surface area contributed by atoms with E-state index in [0.717, 1.165) is 27.7 Å². The highest BCUT2D eigenvalue weighted by Gasteiger charge is 2.57. The number of nitrogens with one attached hydrogen (secondary N) is 1. The van der Waals surface area contributed by atoms with E-state index in [4.69, 9.17) is 0 Å². The summed E-state index contributed by atoms with van der Waals surface area (Å²) < 4.78 is 1.07. The van der Waals surface area contributed by atoms with Crippen LogP contribution in [0.25, 0.3) is 0 Å². The van der Waals surface area contributed by atoms with Crippen LogP contribution < -0.4 is 5.32 Å². The van der Waals surface area contributed by atoms with E-state index in [1.54, 1.807) is 0 Å². The molecule has 2 aliphatic carbocycles. The normalized spacial score (nSPS) is 23.6. The zero-order chi connectivity index (χ0) is 14.3. The molecule has 0 radical (unpaired) electrons. The smallest absolute Gasteiger partial charge is 0.228 e. The van der Waals surface area contributed by atoms with Crippen molar-refractivity contribution in [2.75, 3.05) is 5.32 Å². The number of hydrogen-bond donors (Lipinski definition) is 1. The van der Waals surface area contributed by atoms with Gasteiger partial charge in [-0.05, 0) is 61.8 Å². The highest BCUT2D eigenvalue weighted by atomic mass is 79.9. The predicted octanol–water partition coefficient (Wildman–Crippen LogP) is 4.97. The van der Waals surface area contributed by atoms with Crippen LogP contribution in [0.1, 0.15) is 49.7 Å². The Balaban J connectivity index is 1.72. The average Bonchev–Trinajstić information content (AvgIpc) is 3.08. The molecule has 0 aromatic heterocycles. The van der Waals surface area contributed by atoms with Crippen LogP contribution in [0.5, 0.6) is 0 Å². The van der Waals surface area contributed by atoms with Crippen molar-refractivity contribution in [3.63, 3.8) is 0 Å². The fraction of sp³-hybridized carbons (Fsp3) is 0.588. The third-order valence-corrected chi connectivity index (χ3v) is 5.56. The summed E-state index contributed by atoms with van der Waals surface area (Å²) in [5, 5.41) is 3.18. The third-order valence-electron chi connectivity index (χ3n) is 5.10. The van der Waals surface area contributed by atoms with Crippen molar-refractivity contribution >= 4 is 27.5 Å². The lowest BCUT2D eigenvalue weighted by molar-refractivity contribution is -0.118. The van der Waals surface area contributed by atoms with Gasteiger partial charge < -0.3 is 5.32 Å². The molecule has 3 heteroatoms. The molecule has 1 N–H and O–H groups in total. The van der Waals surface area contributed by atoms with Crippen LogP contribution >= 0.6 is 15.9 Å². The summed E-state index contributed by atoms with van der Waals surface area (Å²) in [7, 11) is 0. The summed E-state index contributed by atoms with van der Waals surface area (Å²) in [5.41, 5.74) is 3.61. The molecule has 1 aromatic rings. The van der Waals surface area contributed by atoms with Gasteiger partial charge in [0.25, 0.3) is 0 Å². The number of rotatable bonds is 2. The van der Waals surface area contributed by atoms with Crippen molar-refractivity contribution in [2.45, 2.75) is 52.4 Å².